The highest BCUT2D eigenvalue weighted by molar-refractivity contribution is 9.10. The first-order valence-corrected chi connectivity index (χ1v) is 39.2. The molecular formula is C109H82BBrN2O2. The van der Waals surface area contributed by atoms with Gasteiger partial charge in [0, 0.05) is 33.9 Å². The second-order valence-electron chi connectivity index (χ2n) is 27.7. The quantitative estimate of drug-likeness (QED) is 0.0841. The molecule has 0 radical (unpaired) electrons. The summed E-state index contributed by atoms with van der Waals surface area (Å²) in [5.41, 5.74) is 23.3. The lowest BCUT2D eigenvalue weighted by atomic mass is 9.80. The van der Waals surface area contributed by atoms with Gasteiger partial charge in [0.05, 0.1) is 0 Å². The van der Waals surface area contributed by atoms with E-state index < -0.39 is 7.12 Å². The first-order chi connectivity index (χ1) is 56.7. The van der Waals surface area contributed by atoms with Crippen LogP contribution in [-0.2, 0) is 0 Å². The van der Waals surface area contributed by atoms with E-state index >= 15 is 0 Å². The summed E-state index contributed by atoms with van der Waals surface area (Å²) in [6.45, 7) is 15.1. The van der Waals surface area contributed by atoms with Crippen molar-refractivity contribution in [2.75, 3.05) is 4.90 Å². The van der Waals surface area contributed by atoms with E-state index in [0.717, 1.165) is 43.8 Å². The predicted octanol–water partition coefficient (Wildman–Crippen LogP) is 29.2. The van der Waals surface area contributed by atoms with Crippen molar-refractivity contribution in [2.45, 2.75) is 0 Å². The molecule has 550 valence electrons. The molecule has 1 heterocycles. The zero-order valence-corrected chi connectivity index (χ0v) is 65.2. The van der Waals surface area contributed by atoms with E-state index in [1.807, 2.05) is 42.5 Å². The van der Waals surface area contributed by atoms with Crippen LogP contribution in [0.5, 0.6) is 0 Å². The number of fused-ring (bicyclic) bond motifs is 6. The van der Waals surface area contributed by atoms with Crippen molar-refractivity contribution in [1.82, 2.24) is 4.98 Å². The van der Waals surface area contributed by atoms with Crippen LogP contribution >= 0.6 is 15.9 Å². The molecule has 0 aliphatic carbocycles. The van der Waals surface area contributed by atoms with Gasteiger partial charge in [-0.3, -0.25) is 4.98 Å². The highest BCUT2D eigenvalue weighted by Gasteiger charge is 2.24. The Kier molecular flexibility index (Phi) is 24.1. The van der Waals surface area contributed by atoms with Gasteiger partial charge in [-0.15, -0.1) is 0 Å². The minimum atomic E-state index is -1.39. The summed E-state index contributed by atoms with van der Waals surface area (Å²) in [5.74, 6) is 0. The summed E-state index contributed by atoms with van der Waals surface area (Å²) < 4.78 is 1.09. The zero-order chi connectivity index (χ0) is 78.8. The van der Waals surface area contributed by atoms with Gasteiger partial charge in [-0.25, -0.2) is 0 Å². The third-order valence-corrected chi connectivity index (χ3v) is 21.3. The van der Waals surface area contributed by atoms with Gasteiger partial charge in [-0.1, -0.05) is 400 Å². The Labute approximate surface area is 682 Å². The third-order valence-electron chi connectivity index (χ3n) is 20.7. The van der Waals surface area contributed by atoms with Crippen LogP contribution < -0.4 is 10.4 Å². The average Bonchev–Trinajstić information content (AvgIpc) is 0.714. The SMILES string of the molecule is Brc1ccc(N(c2ccccc2)c2ccccc2)cc1.C=Cc1ccc(-c2c3ccccc3c(-c3c4ccccc4c(-c4ccccc4)c4ccccc34)c3ccccc23)cc1.C=Cc1cccc(-c2c3ccccc3c(-c3ccccc3-c3ccccc3)c3ccccc23)c1.C=Cc1cccc(B(O)O)c1.C=Cc1ccncc1. The van der Waals surface area contributed by atoms with Crippen molar-refractivity contribution >= 4 is 135 Å². The Hall–Kier alpha value is -14.1. The first kappa shape index (κ1) is 76.3. The van der Waals surface area contributed by atoms with E-state index in [9.17, 15) is 0 Å². The standard InChI is InChI=1S/C42H28.C34H24.C18H14BrN.C8H9BO2.C7H7N/c1-2-28-24-26-30(27-25-28)40-33-18-8-12-22-37(33)42(38-23-13-9-19-34(38)40)41-35-20-10-6-16-31(35)39(29-14-4-3-5-15-29)32-17-7-11-21-36(32)41;1-2-24-13-12-16-26(23-24)33-29-19-8-10-21-31(29)34(32-22-11-9-20-30(32)33)28-18-7-6-17-27(28)25-14-4-3-5-15-25;19-15-11-13-18(14-12-15)20(16-7-3-1-4-8-16)17-9-5-2-6-10-17;1-2-7-4-3-5-8(6-7)9(10)11;1-2-7-3-5-8-6-4-7/h2-27H,1H2;2-23H,1H2;1-14H;2-6,10-11H,1H2;2-6H,1H2. The summed E-state index contributed by atoms with van der Waals surface area (Å²) in [7, 11) is -1.39. The van der Waals surface area contributed by atoms with Crippen LogP contribution in [0.4, 0.5) is 17.1 Å². The normalized spacial score (nSPS) is 10.7. The summed E-state index contributed by atoms with van der Waals surface area (Å²) in [6.07, 6.45) is 10.8. The number of hydrogen-bond donors (Lipinski definition) is 2. The molecule has 0 atom stereocenters. The summed E-state index contributed by atoms with van der Waals surface area (Å²) in [5, 5.41) is 32.7. The van der Waals surface area contributed by atoms with E-state index in [0.29, 0.717) is 5.46 Å². The molecule has 0 amide bonds. The van der Waals surface area contributed by atoms with Crippen LogP contribution in [-0.4, -0.2) is 22.2 Å². The van der Waals surface area contributed by atoms with Gasteiger partial charge in [-0.05, 0) is 226 Å². The summed E-state index contributed by atoms with van der Waals surface area (Å²) >= 11 is 3.49. The molecule has 6 heteroatoms. The molecule has 0 fully saturated rings. The molecule has 19 rings (SSSR count). The van der Waals surface area contributed by atoms with Gasteiger partial charge in [0.15, 0.2) is 0 Å². The van der Waals surface area contributed by atoms with Crippen LogP contribution in [0, 0.1) is 0 Å². The molecule has 0 bridgehead atoms. The van der Waals surface area contributed by atoms with Gasteiger partial charge in [0.25, 0.3) is 0 Å². The second kappa shape index (κ2) is 36.4. The second-order valence-corrected chi connectivity index (χ2v) is 28.6. The highest BCUT2D eigenvalue weighted by Crippen LogP contribution is 2.51. The van der Waals surface area contributed by atoms with E-state index in [4.69, 9.17) is 10.0 Å². The molecule has 0 spiro atoms. The largest absolute Gasteiger partial charge is 0.488 e. The Bertz CT molecular complexity index is 6420. The van der Waals surface area contributed by atoms with Gasteiger partial charge >= 0.3 is 7.12 Å². The van der Waals surface area contributed by atoms with Crippen LogP contribution in [0.25, 0.3) is 156 Å². The molecule has 0 saturated heterocycles. The lowest BCUT2D eigenvalue weighted by Crippen LogP contribution is -2.29. The number of hydrogen-bond acceptors (Lipinski definition) is 4. The number of aromatic nitrogens is 1. The number of anilines is 3. The third kappa shape index (κ3) is 16.8. The number of para-hydroxylation sites is 2. The summed E-state index contributed by atoms with van der Waals surface area (Å²) in [4.78, 5) is 6.09. The minimum Gasteiger partial charge on any atom is -0.423 e. The fourth-order valence-corrected chi connectivity index (χ4v) is 15.7. The number of halogens is 1. The zero-order valence-electron chi connectivity index (χ0n) is 63.6. The molecule has 2 N–H and O–H groups in total. The average molecular weight is 1540 g/mol. The Morgan fingerprint density at radius 1 is 0.243 bits per heavy atom. The van der Waals surface area contributed by atoms with Crippen LogP contribution in [0.1, 0.15) is 22.3 Å². The maximum Gasteiger partial charge on any atom is 0.488 e. The first-order valence-electron chi connectivity index (χ1n) is 38.4. The summed E-state index contributed by atoms with van der Waals surface area (Å²) in [6, 6.07) is 141. The monoisotopic (exact) mass is 1540 g/mol. The maximum absolute atomic E-state index is 8.76. The van der Waals surface area contributed by atoms with Crippen LogP contribution in [0.15, 0.2) is 444 Å². The molecule has 0 saturated carbocycles. The Balaban J connectivity index is 0.000000126. The number of pyridine rings is 1. The number of nitrogens with zero attached hydrogens (tertiary/aromatic N) is 2. The van der Waals surface area contributed by atoms with Gasteiger partial charge in [0.1, 0.15) is 0 Å². The van der Waals surface area contributed by atoms with Crippen molar-refractivity contribution < 1.29 is 10.0 Å². The molecule has 0 unspecified atom stereocenters. The molecule has 0 aliphatic heterocycles. The molecule has 0 aliphatic rings. The van der Waals surface area contributed by atoms with Crippen LogP contribution in [0.3, 0.4) is 0 Å². The topological polar surface area (TPSA) is 56.6 Å². The number of benzene rings is 18. The lowest BCUT2D eigenvalue weighted by molar-refractivity contribution is 0.426. The molecule has 1 aromatic heterocycles. The predicted molar refractivity (Wildman–Crippen MR) is 500 cm³/mol. The maximum atomic E-state index is 8.76. The van der Waals surface area contributed by atoms with E-state index in [1.165, 1.54) is 131 Å². The fourth-order valence-electron chi connectivity index (χ4n) is 15.5. The van der Waals surface area contributed by atoms with Gasteiger partial charge < -0.3 is 14.9 Å². The Morgan fingerprint density at radius 3 is 0.948 bits per heavy atom. The van der Waals surface area contributed by atoms with E-state index in [-0.39, 0.29) is 0 Å². The fraction of sp³-hybridized carbons (Fsp3) is 0. The Morgan fingerprint density at radius 2 is 0.548 bits per heavy atom. The van der Waals surface area contributed by atoms with Gasteiger partial charge in [-0.2, -0.15) is 0 Å². The number of rotatable bonds is 14. The molecule has 115 heavy (non-hydrogen) atoms. The molecule has 18 aromatic carbocycles. The van der Waals surface area contributed by atoms with Crippen molar-refractivity contribution in [3.05, 3.63) is 466 Å². The van der Waals surface area contributed by atoms with Crippen molar-refractivity contribution in [2.24, 2.45) is 0 Å². The molecule has 19 aromatic rings. The van der Waals surface area contributed by atoms with E-state index in [2.05, 4.69) is 404 Å². The smallest absolute Gasteiger partial charge is 0.423 e. The van der Waals surface area contributed by atoms with Gasteiger partial charge in [0.2, 0.25) is 0 Å². The van der Waals surface area contributed by atoms with Crippen molar-refractivity contribution in [3.63, 3.8) is 0 Å². The minimum absolute atomic E-state index is 0.488. The highest BCUT2D eigenvalue weighted by atomic mass is 79.9. The van der Waals surface area contributed by atoms with Crippen molar-refractivity contribution in [1.29, 1.82) is 0 Å². The molecular weight excluding hydrogens is 1460 g/mol. The lowest BCUT2D eigenvalue weighted by Gasteiger charge is -2.25. The van der Waals surface area contributed by atoms with Crippen LogP contribution in [0.2, 0.25) is 0 Å². The molecule has 4 nitrogen and oxygen atoms in total. The van der Waals surface area contributed by atoms with Crippen molar-refractivity contribution in [3.8, 4) is 66.8 Å². The van der Waals surface area contributed by atoms with E-state index in [1.54, 1.807) is 42.7 Å².